The van der Waals surface area contributed by atoms with Gasteiger partial charge in [0.1, 0.15) is 5.69 Å². The van der Waals surface area contributed by atoms with Gasteiger partial charge >= 0.3 is 0 Å². The Morgan fingerprint density at radius 3 is 2.90 bits per heavy atom. The quantitative estimate of drug-likeness (QED) is 0.475. The average molecular weight is 308 g/mol. The largest absolute Gasteiger partial charge is 0.379 e. The van der Waals surface area contributed by atoms with E-state index < -0.39 is 0 Å². The molecular weight excluding hydrogens is 292 g/mol. The third kappa shape index (κ3) is 3.69. The number of nitro groups is 1. The van der Waals surface area contributed by atoms with Gasteiger partial charge in [0.25, 0.3) is 5.69 Å². The highest BCUT2D eigenvalue weighted by Gasteiger charge is 2.17. The van der Waals surface area contributed by atoms with Crippen molar-refractivity contribution in [3.63, 3.8) is 0 Å². The highest BCUT2D eigenvalue weighted by atomic mass is 32.2. The number of hydrogen-bond donors (Lipinski definition) is 1. The van der Waals surface area contributed by atoms with Crippen LogP contribution in [-0.2, 0) is 12.8 Å². The number of para-hydroxylation sites is 1. The molecule has 112 valence electrons. The first-order chi connectivity index (χ1) is 10.1. The number of nitrogens with one attached hydrogen (secondary N) is 1. The predicted octanol–water partition coefficient (Wildman–Crippen LogP) is 2.23. The predicted molar refractivity (Wildman–Crippen MR) is 80.2 cm³/mol. The van der Waals surface area contributed by atoms with Crippen LogP contribution in [0.25, 0.3) is 0 Å². The molecule has 0 radical (unpaired) electrons. The topological polar surface area (TPSA) is 98.8 Å². The van der Waals surface area contributed by atoms with Crippen molar-refractivity contribution in [2.24, 2.45) is 7.05 Å². The van der Waals surface area contributed by atoms with Crippen LogP contribution in [0.4, 0.5) is 11.4 Å². The molecule has 0 bridgehead atoms. The van der Waals surface area contributed by atoms with Gasteiger partial charge in [-0.2, -0.15) is 0 Å². The van der Waals surface area contributed by atoms with Crippen LogP contribution in [0.15, 0.2) is 23.4 Å². The molecule has 0 aliphatic rings. The molecule has 1 N–H and O–H groups in total. The van der Waals surface area contributed by atoms with E-state index in [0.29, 0.717) is 23.1 Å². The number of benzene rings is 1. The molecule has 2 rings (SSSR count). The Morgan fingerprint density at radius 2 is 2.29 bits per heavy atom. The fraction of sp³-hybridized carbons (Fsp3) is 0.417. The van der Waals surface area contributed by atoms with Crippen molar-refractivity contribution in [1.82, 2.24) is 20.2 Å². The Morgan fingerprint density at radius 1 is 1.48 bits per heavy atom. The summed E-state index contributed by atoms with van der Waals surface area (Å²) >= 11 is 1.44. The number of nitrogens with zero attached hydrogens (tertiary/aromatic N) is 5. The van der Waals surface area contributed by atoms with Crippen molar-refractivity contribution in [3.05, 3.63) is 33.9 Å². The molecule has 0 saturated carbocycles. The lowest BCUT2D eigenvalue weighted by molar-refractivity contribution is -0.384. The monoisotopic (exact) mass is 308 g/mol. The minimum absolute atomic E-state index is 0.0950. The standard InChI is InChI=1S/C12H16N6O2S/c1-3-7-13-11-9(5-4-6-10(11)18(19)20)8-21-12-14-15-16-17(12)2/h4-6,13H,3,7-8H2,1-2H3. The van der Waals surface area contributed by atoms with Crippen LogP contribution in [0.3, 0.4) is 0 Å². The maximum absolute atomic E-state index is 11.1. The first-order valence-corrected chi connectivity index (χ1v) is 7.47. The van der Waals surface area contributed by atoms with Crippen molar-refractivity contribution in [1.29, 1.82) is 0 Å². The zero-order chi connectivity index (χ0) is 15.2. The van der Waals surface area contributed by atoms with Gasteiger partial charge in [0.05, 0.1) is 4.92 Å². The van der Waals surface area contributed by atoms with Crippen molar-refractivity contribution in [2.75, 3.05) is 11.9 Å². The van der Waals surface area contributed by atoms with E-state index in [9.17, 15) is 10.1 Å². The summed E-state index contributed by atoms with van der Waals surface area (Å²) in [5.41, 5.74) is 1.54. The van der Waals surface area contributed by atoms with Crippen molar-refractivity contribution >= 4 is 23.1 Å². The zero-order valence-electron chi connectivity index (χ0n) is 11.8. The third-order valence-electron chi connectivity index (χ3n) is 2.82. The highest BCUT2D eigenvalue weighted by Crippen LogP contribution is 2.32. The van der Waals surface area contributed by atoms with E-state index in [1.165, 1.54) is 17.8 Å². The molecule has 1 heterocycles. The molecule has 0 unspecified atom stereocenters. The minimum Gasteiger partial charge on any atom is -0.379 e. The molecular formula is C12H16N6O2S. The maximum atomic E-state index is 11.1. The van der Waals surface area contributed by atoms with Gasteiger partial charge in [0, 0.05) is 25.4 Å². The number of thioether (sulfide) groups is 1. The van der Waals surface area contributed by atoms with E-state index >= 15 is 0 Å². The summed E-state index contributed by atoms with van der Waals surface area (Å²) in [7, 11) is 1.76. The molecule has 21 heavy (non-hydrogen) atoms. The van der Waals surface area contributed by atoms with Gasteiger partial charge in [-0.1, -0.05) is 30.8 Å². The van der Waals surface area contributed by atoms with Crippen LogP contribution < -0.4 is 5.32 Å². The summed E-state index contributed by atoms with van der Waals surface area (Å²) in [6, 6.07) is 5.08. The molecule has 0 amide bonds. The number of nitro benzene ring substituents is 1. The third-order valence-corrected chi connectivity index (χ3v) is 3.87. The number of aryl methyl sites for hydroxylation is 1. The van der Waals surface area contributed by atoms with Crippen LogP contribution in [0.1, 0.15) is 18.9 Å². The fourth-order valence-electron chi connectivity index (χ4n) is 1.80. The molecule has 0 atom stereocenters. The Bertz CT molecular complexity index is 630. The summed E-state index contributed by atoms with van der Waals surface area (Å²) in [4.78, 5) is 10.8. The lowest BCUT2D eigenvalue weighted by atomic mass is 10.1. The van der Waals surface area contributed by atoms with Crippen LogP contribution in [0, 0.1) is 10.1 Å². The summed E-state index contributed by atoms with van der Waals surface area (Å²) in [5.74, 6) is 0.557. The number of tetrazole rings is 1. The van der Waals surface area contributed by atoms with Gasteiger partial charge in [0.15, 0.2) is 0 Å². The first-order valence-electron chi connectivity index (χ1n) is 6.48. The maximum Gasteiger partial charge on any atom is 0.292 e. The Labute approximate surface area is 126 Å². The molecule has 0 aliphatic carbocycles. The molecule has 8 nitrogen and oxygen atoms in total. The minimum atomic E-state index is -0.365. The van der Waals surface area contributed by atoms with Crippen LogP contribution >= 0.6 is 11.8 Å². The van der Waals surface area contributed by atoms with Crippen LogP contribution in [-0.4, -0.2) is 31.7 Å². The van der Waals surface area contributed by atoms with Gasteiger partial charge in [-0.05, 0) is 22.4 Å². The van der Waals surface area contributed by atoms with Gasteiger partial charge in [0.2, 0.25) is 5.16 Å². The smallest absolute Gasteiger partial charge is 0.292 e. The first kappa shape index (κ1) is 15.2. The molecule has 1 aromatic carbocycles. The summed E-state index contributed by atoms with van der Waals surface area (Å²) in [6.07, 6.45) is 0.895. The molecule has 0 spiro atoms. The van der Waals surface area contributed by atoms with E-state index in [-0.39, 0.29) is 10.6 Å². The SMILES string of the molecule is CCCNc1c(CSc2nnnn2C)cccc1[N+](=O)[O-]. The Hall–Kier alpha value is -2.16. The summed E-state index contributed by atoms with van der Waals surface area (Å²) in [6.45, 7) is 2.70. The van der Waals surface area contributed by atoms with Gasteiger partial charge < -0.3 is 5.32 Å². The van der Waals surface area contributed by atoms with Crippen molar-refractivity contribution < 1.29 is 4.92 Å². The average Bonchev–Trinajstić information content (AvgIpc) is 2.88. The molecule has 0 aliphatic heterocycles. The molecule has 2 aromatic rings. The van der Waals surface area contributed by atoms with Crippen molar-refractivity contribution in [3.8, 4) is 0 Å². The van der Waals surface area contributed by atoms with E-state index in [1.54, 1.807) is 17.8 Å². The normalized spacial score (nSPS) is 10.6. The molecule has 1 aromatic heterocycles. The van der Waals surface area contributed by atoms with E-state index in [1.807, 2.05) is 13.0 Å². The second kappa shape index (κ2) is 7.02. The number of anilines is 1. The van der Waals surface area contributed by atoms with Gasteiger partial charge in [-0.15, -0.1) is 5.10 Å². The van der Waals surface area contributed by atoms with Gasteiger partial charge in [-0.25, -0.2) is 4.68 Å². The second-order valence-electron chi connectivity index (χ2n) is 4.37. The Kier molecular flexibility index (Phi) is 5.09. The molecule has 0 fully saturated rings. The van der Waals surface area contributed by atoms with Crippen LogP contribution in [0.2, 0.25) is 0 Å². The Balaban J connectivity index is 2.23. The lowest BCUT2D eigenvalue weighted by Gasteiger charge is -2.11. The van der Waals surface area contributed by atoms with E-state index in [2.05, 4.69) is 20.8 Å². The number of aromatic nitrogens is 4. The van der Waals surface area contributed by atoms with Crippen LogP contribution in [0.5, 0.6) is 0 Å². The lowest BCUT2D eigenvalue weighted by Crippen LogP contribution is -2.06. The fourth-order valence-corrected chi connectivity index (χ4v) is 2.64. The highest BCUT2D eigenvalue weighted by molar-refractivity contribution is 7.98. The summed E-state index contributed by atoms with van der Waals surface area (Å²) < 4.78 is 1.57. The molecule has 0 saturated heterocycles. The summed E-state index contributed by atoms with van der Waals surface area (Å²) in [5, 5.41) is 26.2. The number of rotatable bonds is 7. The van der Waals surface area contributed by atoms with Crippen molar-refractivity contribution in [2.45, 2.75) is 24.3 Å². The van der Waals surface area contributed by atoms with E-state index in [4.69, 9.17) is 0 Å². The van der Waals surface area contributed by atoms with E-state index in [0.717, 1.165) is 12.0 Å². The molecule has 9 heteroatoms. The second-order valence-corrected chi connectivity index (χ2v) is 5.31. The van der Waals surface area contributed by atoms with Gasteiger partial charge in [-0.3, -0.25) is 10.1 Å². The zero-order valence-corrected chi connectivity index (χ0v) is 12.6. The number of hydrogen-bond acceptors (Lipinski definition) is 7.